The van der Waals surface area contributed by atoms with E-state index in [0.717, 1.165) is 0 Å². The Morgan fingerprint density at radius 1 is 1.38 bits per heavy atom. The van der Waals surface area contributed by atoms with Crippen LogP contribution in [-0.4, -0.2) is 16.9 Å². The lowest BCUT2D eigenvalue weighted by atomic mass is 10.3. The molecule has 1 N–H and O–H groups in total. The number of hydrogen-bond donors (Lipinski definition) is 1. The first kappa shape index (κ1) is 7.14. The van der Waals surface area contributed by atoms with E-state index >= 15 is 0 Å². The van der Waals surface area contributed by atoms with Gasteiger partial charge in [0, 0.05) is 5.92 Å². The molecule has 0 amide bonds. The first-order chi connectivity index (χ1) is 3.55. The van der Waals surface area contributed by atoms with Gasteiger partial charge in [0.15, 0.2) is 0 Å². The zero-order valence-corrected chi connectivity index (χ0v) is 4.84. The Bertz CT molecular complexity index is 115. The predicted octanol–water partition coefficient (Wildman–Crippen LogP) is 0.296. The van der Waals surface area contributed by atoms with Gasteiger partial charge < -0.3 is 5.11 Å². The molecule has 0 aromatic carbocycles. The molecule has 0 radical (unpaired) electrons. The van der Waals surface area contributed by atoms with Gasteiger partial charge in [-0.25, -0.2) is 4.79 Å². The largest absolute Gasteiger partial charge is 0.475 e. The van der Waals surface area contributed by atoms with Crippen molar-refractivity contribution in [1.29, 1.82) is 0 Å². The van der Waals surface area contributed by atoms with Gasteiger partial charge in [-0.3, -0.25) is 4.79 Å². The minimum absolute atomic E-state index is 0.396. The number of carbonyl (C=O) groups excluding carboxylic acids is 1. The summed E-state index contributed by atoms with van der Waals surface area (Å²) < 4.78 is 0. The van der Waals surface area contributed by atoms with E-state index in [4.69, 9.17) is 5.11 Å². The second-order valence-electron chi connectivity index (χ2n) is 1.82. The molecule has 0 rings (SSSR count). The molecule has 0 bridgehead atoms. The summed E-state index contributed by atoms with van der Waals surface area (Å²) in [7, 11) is 0. The van der Waals surface area contributed by atoms with Crippen molar-refractivity contribution in [2.45, 2.75) is 13.8 Å². The van der Waals surface area contributed by atoms with E-state index in [1.165, 1.54) is 0 Å². The van der Waals surface area contributed by atoms with Crippen LogP contribution in [-0.2, 0) is 9.59 Å². The van der Waals surface area contributed by atoms with Crippen LogP contribution >= 0.6 is 0 Å². The highest BCUT2D eigenvalue weighted by molar-refractivity contribution is 6.33. The number of carboxylic acid groups (broad SMARTS) is 1. The van der Waals surface area contributed by atoms with Crippen LogP contribution in [0, 0.1) is 5.92 Å². The van der Waals surface area contributed by atoms with Crippen LogP contribution in [0.1, 0.15) is 13.8 Å². The summed E-state index contributed by atoms with van der Waals surface area (Å²) >= 11 is 0. The molecule has 0 saturated carbocycles. The second-order valence-corrected chi connectivity index (χ2v) is 1.82. The average molecular weight is 120 g/mol. The fourth-order valence-corrected chi connectivity index (χ4v) is 0.247. The summed E-state index contributed by atoms with van der Waals surface area (Å²) in [6.45, 7) is 3.10. The smallest absolute Gasteiger partial charge is 0.372 e. The van der Waals surface area contributed by atoms with Gasteiger partial charge >= 0.3 is 5.97 Å². The fraction of sp³-hybridized carbons (Fsp3) is 0.600. The number of carbonyl (C=O) groups is 2. The van der Waals surface area contributed by atoms with Gasteiger partial charge in [-0.05, 0) is 0 Å². The van der Waals surface area contributed by atoms with Crippen LogP contribution in [0.5, 0.6) is 0 Å². The molecule has 3 nitrogen and oxygen atoms in total. The van der Waals surface area contributed by atoms with Crippen molar-refractivity contribution in [1.82, 2.24) is 0 Å². The second kappa shape index (κ2) is 2.45. The first-order valence-electron chi connectivity index (χ1n) is 2.33. The maximum absolute atomic E-state index is 10.2. The lowest BCUT2D eigenvalue weighted by Crippen LogP contribution is -2.18. The van der Waals surface area contributed by atoms with Crippen molar-refractivity contribution in [2.24, 2.45) is 5.92 Å². The van der Waals surface area contributed by atoms with Gasteiger partial charge in [-0.1, -0.05) is 13.8 Å². The minimum atomic E-state index is -1.35. The monoisotopic (exact) mass is 120 g/mol. The van der Waals surface area contributed by atoms with E-state index in [-0.39, 0.29) is 0 Å². The molecule has 0 fully saturated rings. The van der Waals surface area contributed by atoms with Crippen LogP contribution in [0.2, 0.25) is 0 Å². The van der Waals surface area contributed by atoms with Crippen molar-refractivity contribution < 1.29 is 14.7 Å². The summed E-state index contributed by atoms with van der Waals surface area (Å²) in [4.78, 5) is 20.0. The Balaban J connectivity index is 3.84. The molecule has 0 aliphatic carbocycles. The molecule has 3 heteroatoms. The zero-order chi connectivity index (χ0) is 6.73. The molecule has 0 heterocycles. The third-order valence-corrected chi connectivity index (χ3v) is 0.735. The topological polar surface area (TPSA) is 54.4 Å². The normalized spacial score (nSPS) is 9.38. The Labute approximate surface area is 47.3 Å². The quantitative estimate of drug-likeness (QED) is 0.533. The molecule has 0 aromatic heterocycles. The molecule has 0 unspecified atom stereocenters. The molecule has 46 valence electrons. The Kier molecular flexibility index (Phi) is 2.19. The highest BCUT2D eigenvalue weighted by atomic mass is 16.4. The molecule has 0 saturated heterocycles. The van der Waals surface area contributed by atoms with E-state index in [1.807, 2.05) is 0 Å². The SMILES string of the molecule is [14CH3]C([14CH3])C(=O)C(=O)O. The van der Waals surface area contributed by atoms with Gasteiger partial charge in [0.1, 0.15) is 0 Å². The standard InChI is InChI=1S/C5H8O3/c1-3(2)4(6)5(7)8/h3H,1-2H3,(H,7,8)/i1+2,2+2. The maximum atomic E-state index is 10.2. The zero-order valence-electron chi connectivity index (χ0n) is 4.84. The highest BCUT2D eigenvalue weighted by Gasteiger charge is 2.14. The molecular weight excluding hydrogens is 112 g/mol. The van der Waals surface area contributed by atoms with Crippen LogP contribution in [0.4, 0.5) is 0 Å². The summed E-state index contributed by atoms with van der Waals surface area (Å²) in [5, 5.41) is 8.00. The van der Waals surface area contributed by atoms with E-state index in [9.17, 15) is 9.59 Å². The lowest BCUT2D eigenvalue weighted by molar-refractivity contribution is -0.150. The summed E-state index contributed by atoms with van der Waals surface area (Å²) in [5.74, 6) is -2.47. The van der Waals surface area contributed by atoms with Crippen molar-refractivity contribution in [3.8, 4) is 0 Å². The summed E-state index contributed by atoms with van der Waals surface area (Å²) in [6, 6.07) is 0. The Morgan fingerprint density at radius 2 is 1.75 bits per heavy atom. The Hall–Kier alpha value is -0.860. The molecule has 0 atom stereocenters. The third kappa shape index (κ3) is 1.73. The molecule has 0 spiro atoms. The first-order valence-corrected chi connectivity index (χ1v) is 2.33. The fourth-order valence-electron chi connectivity index (χ4n) is 0.247. The van der Waals surface area contributed by atoms with Crippen molar-refractivity contribution in [3.05, 3.63) is 0 Å². The molecule has 8 heavy (non-hydrogen) atoms. The number of carboxylic acids is 1. The number of ketones is 1. The maximum Gasteiger partial charge on any atom is 0.372 e. The van der Waals surface area contributed by atoms with Gasteiger partial charge in [0.25, 0.3) is 0 Å². The number of Topliss-reactive ketones (excluding diaryl/α,β-unsaturated/α-hetero) is 1. The van der Waals surface area contributed by atoms with Gasteiger partial charge in [0.05, 0.1) is 0 Å². The minimum Gasteiger partial charge on any atom is -0.475 e. The van der Waals surface area contributed by atoms with Crippen molar-refractivity contribution >= 4 is 11.8 Å². The third-order valence-electron chi connectivity index (χ3n) is 0.735. The number of rotatable bonds is 2. The van der Waals surface area contributed by atoms with Crippen LogP contribution in [0.3, 0.4) is 0 Å². The predicted molar refractivity (Wildman–Crippen MR) is 27.5 cm³/mol. The summed E-state index contributed by atoms with van der Waals surface area (Å²) in [5.41, 5.74) is 0. The molecule has 0 aliphatic rings. The van der Waals surface area contributed by atoms with Crippen LogP contribution < -0.4 is 0 Å². The van der Waals surface area contributed by atoms with Crippen LogP contribution in [0.15, 0.2) is 0 Å². The van der Waals surface area contributed by atoms with Gasteiger partial charge in [-0.2, -0.15) is 0 Å². The molecule has 0 aliphatic heterocycles. The van der Waals surface area contributed by atoms with Crippen molar-refractivity contribution in [2.75, 3.05) is 0 Å². The van der Waals surface area contributed by atoms with E-state index in [2.05, 4.69) is 0 Å². The molecular formula is C5H8O3. The van der Waals surface area contributed by atoms with Gasteiger partial charge in [-0.15, -0.1) is 0 Å². The van der Waals surface area contributed by atoms with Crippen molar-refractivity contribution in [3.63, 3.8) is 0 Å². The van der Waals surface area contributed by atoms with E-state index in [1.54, 1.807) is 13.8 Å². The van der Waals surface area contributed by atoms with Gasteiger partial charge in [0.2, 0.25) is 5.78 Å². The summed E-state index contributed by atoms with van der Waals surface area (Å²) in [6.07, 6.45) is 0. The Morgan fingerprint density at radius 3 is 1.75 bits per heavy atom. The highest BCUT2D eigenvalue weighted by Crippen LogP contribution is 1.92. The van der Waals surface area contributed by atoms with Crippen LogP contribution in [0.25, 0.3) is 0 Å². The number of aliphatic carboxylic acids is 1. The van der Waals surface area contributed by atoms with E-state index < -0.39 is 17.7 Å². The number of hydrogen-bond acceptors (Lipinski definition) is 2. The average Bonchev–Trinajstić information content (AvgIpc) is 1.64. The molecule has 0 aromatic rings. The van der Waals surface area contributed by atoms with E-state index in [0.29, 0.717) is 0 Å². The lowest BCUT2D eigenvalue weighted by Gasteiger charge is -1.93.